The Morgan fingerprint density at radius 2 is 2.33 bits per heavy atom. The van der Waals surface area contributed by atoms with E-state index in [-0.39, 0.29) is 16.5 Å². The fraction of sp³-hybridized carbons (Fsp3) is 0.273. The van der Waals surface area contributed by atoms with Gasteiger partial charge >= 0.3 is 5.97 Å². The van der Waals surface area contributed by atoms with Gasteiger partial charge < -0.3 is 10.4 Å². The summed E-state index contributed by atoms with van der Waals surface area (Å²) in [6, 6.07) is 3.67. The number of hydrogen-bond donors (Lipinski definition) is 2. The van der Waals surface area contributed by atoms with Crippen molar-refractivity contribution in [1.29, 1.82) is 0 Å². The van der Waals surface area contributed by atoms with Crippen LogP contribution in [0.25, 0.3) is 0 Å². The molecule has 0 aliphatic carbocycles. The van der Waals surface area contributed by atoms with Crippen LogP contribution in [0.4, 0.5) is 4.39 Å². The van der Waals surface area contributed by atoms with Crippen molar-refractivity contribution in [2.24, 2.45) is 0 Å². The predicted molar refractivity (Wildman–Crippen MR) is 68.2 cm³/mol. The molecule has 0 heterocycles. The van der Waals surface area contributed by atoms with Gasteiger partial charge in [-0.05, 0) is 11.6 Å². The van der Waals surface area contributed by atoms with Crippen LogP contribution in [-0.2, 0) is 15.3 Å². The average molecular weight is 292 g/mol. The van der Waals surface area contributed by atoms with Crippen molar-refractivity contribution in [3.8, 4) is 0 Å². The van der Waals surface area contributed by atoms with Crippen molar-refractivity contribution in [2.75, 3.05) is 5.75 Å². The second-order valence-corrected chi connectivity index (χ2v) is 4.84. The number of carboxylic acids is 1. The number of halogens is 2. The van der Waals surface area contributed by atoms with E-state index < -0.39 is 17.8 Å². The highest BCUT2D eigenvalue weighted by atomic mass is 35.5. The number of rotatable bonds is 7. The molecule has 1 rings (SSSR count). The molecule has 0 aliphatic rings. The Morgan fingerprint density at radius 1 is 1.61 bits per heavy atom. The molecule has 0 saturated carbocycles. The van der Waals surface area contributed by atoms with Gasteiger partial charge in [-0.25, -0.2) is 9.18 Å². The summed E-state index contributed by atoms with van der Waals surface area (Å²) in [7, 11) is 0. The maximum atomic E-state index is 13.5. The molecule has 0 aliphatic heterocycles. The van der Waals surface area contributed by atoms with Gasteiger partial charge in [0.05, 0.1) is 5.02 Å². The SMILES string of the molecule is O=CNC(CSCc1cccc(Cl)c1F)C(=O)O. The van der Waals surface area contributed by atoms with Crippen LogP contribution < -0.4 is 5.32 Å². The molecule has 0 bridgehead atoms. The molecule has 1 aromatic rings. The first kappa shape index (κ1) is 14.8. The standard InChI is InChI=1S/C11H11ClFNO3S/c12-8-3-1-2-7(10(8)13)4-18-5-9(11(16)17)14-6-15/h1-3,6,9H,4-5H2,(H,14,15)(H,16,17). The smallest absolute Gasteiger partial charge is 0.327 e. The Hall–Kier alpha value is -1.27. The van der Waals surface area contributed by atoms with E-state index in [9.17, 15) is 14.0 Å². The first-order chi connectivity index (χ1) is 8.56. The zero-order valence-corrected chi connectivity index (χ0v) is 10.8. The van der Waals surface area contributed by atoms with Gasteiger partial charge in [0.15, 0.2) is 0 Å². The summed E-state index contributed by atoms with van der Waals surface area (Å²) < 4.78 is 13.5. The maximum absolute atomic E-state index is 13.5. The first-order valence-electron chi connectivity index (χ1n) is 4.99. The van der Waals surface area contributed by atoms with Crippen LogP contribution in [0.5, 0.6) is 0 Å². The minimum Gasteiger partial charge on any atom is -0.480 e. The largest absolute Gasteiger partial charge is 0.480 e. The van der Waals surface area contributed by atoms with Gasteiger partial charge in [-0.3, -0.25) is 4.79 Å². The van der Waals surface area contributed by atoms with Crippen molar-refractivity contribution in [3.05, 3.63) is 34.6 Å². The lowest BCUT2D eigenvalue weighted by Crippen LogP contribution is -2.37. The second-order valence-electron chi connectivity index (χ2n) is 3.40. The van der Waals surface area contributed by atoms with Gasteiger partial charge in [0.1, 0.15) is 11.9 Å². The molecule has 0 spiro atoms. The summed E-state index contributed by atoms with van der Waals surface area (Å²) in [5, 5.41) is 11.0. The van der Waals surface area contributed by atoms with E-state index in [2.05, 4.69) is 5.32 Å². The molecule has 4 nitrogen and oxygen atoms in total. The van der Waals surface area contributed by atoms with Crippen molar-refractivity contribution in [1.82, 2.24) is 5.32 Å². The summed E-state index contributed by atoms with van der Waals surface area (Å²) in [5.74, 6) is -1.18. The van der Waals surface area contributed by atoms with Crippen LogP contribution in [0, 0.1) is 5.82 Å². The molecule has 0 fully saturated rings. The molecule has 1 atom stereocenters. The second kappa shape index (κ2) is 7.23. The van der Waals surface area contributed by atoms with Crippen LogP contribution in [0.15, 0.2) is 18.2 Å². The van der Waals surface area contributed by atoms with E-state index in [0.29, 0.717) is 12.0 Å². The van der Waals surface area contributed by atoms with E-state index in [1.807, 2.05) is 0 Å². The third kappa shape index (κ3) is 4.19. The third-order valence-electron chi connectivity index (χ3n) is 2.14. The lowest BCUT2D eigenvalue weighted by Gasteiger charge is -2.10. The lowest BCUT2D eigenvalue weighted by atomic mass is 10.2. The van der Waals surface area contributed by atoms with E-state index >= 15 is 0 Å². The Labute approximate surface area is 113 Å². The summed E-state index contributed by atoms with van der Waals surface area (Å²) in [5.41, 5.74) is 0.405. The monoisotopic (exact) mass is 291 g/mol. The number of aliphatic carboxylic acids is 1. The summed E-state index contributed by atoms with van der Waals surface area (Å²) in [6.45, 7) is 0. The molecule has 18 heavy (non-hydrogen) atoms. The lowest BCUT2D eigenvalue weighted by molar-refractivity contribution is -0.139. The molecule has 1 aromatic carbocycles. The molecular formula is C11H11ClFNO3S. The van der Waals surface area contributed by atoms with Gasteiger partial charge in [-0.15, -0.1) is 0 Å². The number of carbonyl (C=O) groups is 2. The Balaban J connectivity index is 2.52. The minimum absolute atomic E-state index is 0.0360. The van der Waals surface area contributed by atoms with Crippen LogP contribution in [-0.4, -0.2) is 29.3 Å². The van der Waals surface area contributed by atoms with Crippen LogP contribution >= 0.6 is 23.4 Å². The summed E-state index contributed by atoms with van der Waals surface area (Å²) in [6.07, 6.45) is 0.333. The quantitative estimate of drug-likeness (QED) is 0.753. The molecule has 0 aromatic heterocycles. The van der Waals surface area contributed by atoms with Crippen molar-refractivity contribution in [2.45, 2.75) is 11.8 Å². The molecule has 2 N–H and O–H groups in total. The molecule has 0 saturated heterocycles. The Morgan fingerprint density at radius 3 is 2.94 bits per heavy atom. The van der Waals surface area contributed by atoms with Crippen molar-refractivity contribution >= 4 is 35.7 Å². The highest BCUT2D eigenvalue weighted by Gasteiger charge is 2.16. The van der Waals surface area contributed by atoms with Gasteiger partial charge in [0.25, 0.3) is 0 Å². The van der Waals surface area contributed by atoms with Crippen LogP contribution in [0.3, 0.4) is 0 Å². The fourth-order valence-electron chi connectivity index (χ4n) is 1.22. The van der Waals surface area contributed by atoms with Gasteiger partial charge in [-0.1, -0.05) is 23.7 Å². The average Bonchev–Trinajstić information content (AvgIpc) is 2.33. The van der Waals surface area contributed by atoms with Gasteiger partial charge in [-0.2, -0.15) is 11.8 Å². The number of carbonyl (C=O) groups excluding carboxylic acids is 1. The van der Waals surface area contributed by atoms with Gasteiger partial charge in [0.2, 0.25) is 6.41 Å². The maximum Gasteiger partial charge on any atom is 0.327 e. The molecular weight excluding hydrogens is 281 g/mol. The van der Waals surface area contributed by atoms with E-state index in [0.717, 1.165) is 0 Å². The topological polar surface area (TPSA) is 66.4 Å². The first-order valence-corrected chi connectivity index (χ1v) is 6.52. The molecule has 98 valence electrons. The van der Waals surface area contributed by atoms with Crippen LogP contribution in [0.1, 0.15) is 5.56 Å². The molecule has 0 radical (unpaired) electrons. The van der Waals surface area contributed by atoms with Gasteiger partial charge in [0, 0.05) is 11.5 Å². The summed E-state index contributed by atoms with van der Waals surface area (Å²) >= 11 is 6.82. The number of amides is 1. The van der Waals surface area contributed by atoms with Crippen molar-refractivity contribution in [3.63, 3.8) is 0 Å². The van der Waals surface area contributed by atoms with E-state index in [1.54, 1.807) is 12.1 Å². The zero-order chi connectivity index (χ0) is 13.5. The Bertz CT molecular complexity index is 444. The predicted octanol–water partition coefficient (Wildman–Crippen LogP) is 1.91. The number of benzene rings is 1. The zero-order valence-electron chi connectivity index (χ0n) is 9.23. The number of carboxylic acid groups (broad SMARTS) is 1. The highest BCUT2D eigenvalue weighted by molar-refractivity contribution is 7.98. The third-order valence-corrected chi connectivity index (χ3v) is 3.52. The molecule has 1 unspecified atom stereocenters. The number of thioether (sulfide) groups is 1. The molecule has 1 amide bonds. The number of nitrogens with one attached hydrogen (secondary N) is 1. The van der Waals surface area contributed by atoms with Crippen LogP contribution in [0.2, 0.25) is 5.02 Å². The number of hydrogen-bond acceptors (Lipinski definition) is 3. The normalized spacial score (nSPS) is 11.9. The van der Waals surface area contributed by atoms with E-state index in [1.165, 1.54) is 17.8 Å². The Kier molecular flexibility index (Phi) is 5.94. The molecule has 7 heteroatoms. The fourth-order valence-corrected chi connectivity index (χ4v) is 2.45. The van der Waals surface area contributed by atoms with E-state index in [4.69, 9.17) is 16.7 Å². The highest BCUT2D eigenvalue weighted by Crippen LogP contribution is 2.22. The van der Waals surface area contributed by atoms with Crippen molar-refractivity contribution < 1.29 is 19.1 Å². The summed E-state index contributed by atoms with van der Waals surface area (Å²) in [4.78, 5) is 20.9. The minimum atomic E-state index is -1.12.